The van der Waals surface area contributed by atoms with E-state index in [1.807, 2.05) is 32.9 Å². The Morgan fingerprint density at radius 3 is 2.45 bits per heavy atom. The summed E-state index contributed by atoms with van der Waals surface area (Å²) in [5, 5.41) is 9.84. The maximum atomic E-state index is 12.0. The molecule has 0 aromatic heterocycles. The van der Waals surface area contributed by atoms with E-state index in [0.29, 0.717) is 19.4 Å². The van der Waals surface area contributed by atoms with E-state index in [0.717, 1.165) is 41.7 Å². The van der Waals surface area contributed by atoms with Crippen molar-refractivity contribution in [3.63, 3.8) is 0 Å². The summed E-state index contributed by atoms with van der Waals surface area (Å²) in [5.74, 6) is 0.0817. The lowest BCUT2D eigenvalue weighted by Crippen LogP contribution is -2.38. The maximum Gasteiger partial charge on any atom is 0.314 e. The van der Waals surface area contributed by atoms with Crippen molar-refractivity contribution in [2.24, 2.45) is 0 Å². The lowest BCUT2D eigenvalue weighted by Gasteiger charge is -2.35. The molecule has 1 saturated carbocycles. The Morgan fingerprint density at radius 2 is 1.90 bits per heavy atom. The van der Waals surface area contributed by atoms with Gasteiger partial charge in [0.25, 0.3) is 0 Å². The number of hydrogen-bond acceptors (Lipinski definition) is 2. The van der Waals surface area contributed by atoms with Gasteiger partial charge in [-0.05, 0) is 44.7 Å². The fourth-order valence-electron chi connectivity index (χ4n) is 3.25. The molecule has 0 saturated heterocycles. The molecule has 0 heterocycles. The molecule has 110 valence electrons. The van der Waals surface area contributed by atoms with Gasteiger partial charge in [-0.2, -0.15) is 0 Å². The van der Waals surface area contributed by atoms with Gasteiger partial charge in [0, 0.05) is 5.56 Å². The second kappa shape index (κ2) is 5.86. The van der Waals surface area contributed by atoms with Gasteiger partial charge in [-0.1, -0.05) is 31.4 Å². The van der Waals surface area contributed by atoms with Gasteiger partial charge in [0.1, 0.15) is 5.75 Å². The summed E-state index contributed by atoms with van der Waals surface area (Å²) < 4.78 is 5.81. The van der Waals surface area contributed by atoms with Crippen molar-refractivity contribution in [2.45, 2.75) is 58.3 Å². The molecule has 0 atom stereocenters. The quantitative estimate of drug-likeness (QED) is 0.904. The molecule has 1 fully saturated rings. The molecule has 1 aromatic carbocycles. The smallest absolute Gasteiger partial charge is 0.314 e. The van der Waals surface area contributed by atoms with Crippen LogP contribution in [0.2, 0.25) is 0 Å². The number of aliphatic carboxylic acids is 1. The van der Waals surface area contributed by atoms with Gasteiger partial charge in [0.15, 0.2) is 0 Å². The lowest BCUT2D eigenvalue weighted by molar-refractivity contribution is -0.145. The molecule has 0 spiro atoms. The molecule has 2 rings (SSSR count). The van der Waals surface area contributed by atoms with Crippen LogP contribution in [-0.2, 0) is 10.2 Å². The van der Waals surface area contributed by atoms with Crippen LogP contribution < -0.4 is 4.74 Å². The molecule has 0 aliphatic heterocycles. The Balaban J connectivity index is 2.59. The fraction of sp³-hybridized carbons (Fsp3) is 0.588. The molecule has 1 aromatic rings. The molecule has 0 amide bonds. The van der Waals surface area contributed by atoms with Crippen molar-refractivity contribution >= 4 is 5.97 Å². The molecule has 3 nitrogen and oxygen atoms in total. The zero-order chi connectivity index (χ0) is 14.8. The van der Waals surface area contributed by atoms with Crippen LogP contribution in [0.5, 0.6) is 5.75 Å². The van der Waals surface area contributed by atoms with E-state index in [1.165, 1.54) is 0 Å². The summed E-state index contributed by atoms with van der Waals surface area (Å²) in [7, 11) is 0. The highest BCUT2D eigenvalue weighted by atomic mass is 16.5. The Labute approximate surface area is 121 Å². The molecule has 0 unspecified atom stereocenters. The number of carboxylic acids is 1. The van der Waals surface area contributed by atoms with Crippen LogP contribution in [0.15, 0.2) is 12.1 Å². The van der Waals surface area contributed by atoms with Crippen LogP contribution in [0.1, 0.15) is 55.7 Å². The van der Waals surface area contributed by atoms with E-state index < -0.39 is 11.4 Å². The molecule has 0 bridgehead atoms. The maximum absolute atomic E-state index is 12.0. The van der Waals surface area contributed by atoms with Crippen LogP contribution in [0.3, 0.4) is 0 Å². The van der Waals surface area contributed by atoms with E-state index >= 15 is 0 Å². The van der Waals surface area contributed by atoms with Gasteiger partial charge in [0.05, 0.1) is 12.0 Å². The van der Waals surface area contributed by atoms with Gasteiger partial charge in [-0.15, -0.1) is 0 Å². The zero-order valence-electron chi connectivity index (χ0n) is 12.7. The van der Waals surface area contributed by atoms with Gasteiger partial charge in [-0.25, -0.2) is 0 Å². The average molecular weight is 276 g/mol. The van der Waals surface area contributed by atoms with Crippen molar-refractivity contribution in [3.05, 3.63) is 28.8 Å². The van der Waals surface area contributed by atoms with Crippen molar-refractivity contribution in [3.8, 4) is 5.75 Å². The molecular formula is C17H24O3. The Kier molecular flexibility index (Phi) is 4.36. The topological polar surface area (TPSA) is 46.5 Å². The first-order valence-electron chi connectivity index (χ1n) is 7.50. The molecule has 20 heavy (non-hydrogen) atoms. The third-order valence-electron chi connectivity index (χ3n) is 4.60. The number of carboxylic acid groups (broad SMARTS) is 1. The average Bonchev–Trinajstić information content (AvgIpc) is 2.45. The standard InChI is InChI=1S/C17H24O3/c1-4-20-15-13(3)12(2)8-9-14(15)17(16(18)19)10-6-5-7-11-17/h8-9H,4-7,10-11H2,1-3H3,(H,18,19). The highest BCUT2D eigenvalue weighted by Gasteiger charge is 2.43. The Hall–Kier alpha value is -1.51. The van der Waals surface area contributed by atoms with E-state index in [9.17, 15) is 9.90 Å². The summed E-state index contributed by atoms with van der Waals surface area (Å²) in [4.78, 5) is 12.0. The molecule has 1 N–H and O–H groups in total. The molecule has 1 aliphatic carbocycles. The van der Waals surface area contributed by atoms with Crippen LogP contribution >= 0.6 is 0 Å². The van der Waals surface area contributed by atoms with Crippen LogP contribution in [-0.4, -0.2) is 17.7 Å². The summed E-state index contributed by atoms with van der Waals surface area (Å²) >= 11 is 0. The largest absolute Gasteiger partial charge is 0.493 e. The monoisotopic (exact) mass is 276 g/mol. The van der Waals surface area contributed by atoms with Crippen LogP contribution in [0.25, 0.3) is 0 Å². The lowest BCUT2D eigenvalue weighted by atomic mass is 9.68. The highest BCUT2D eigenvalue weighted by molar-refractivity contribution is 5.83. The van der Waals surface area contributed by atoms with Crippen molar-refractivity contribution in [2.75, 3.05) is 6.61 Å². The first-order valence-corrected chi connectivity index (χ1v) is 7.50. The first-order chi connectivity index (χ1) is 9.53. The molecule has 1 aliphatic rings. The number of rotatable bonds is 4. The summed E-state index contributed by atoms with van der Waals surface area (Å²) in [6.07, 6.45) is 4.51. The number of hydrogen-bond donors (Lipinski definition) is 1. The molecule has 0 radical (unpaired) electrons. The predicted octanol–water partition coefficient (Wildman–Crippen LogP) is 3.99. The number of benzene rings is 1. The number of aryl methyl sites for hydroxylation is 1. The van der Waals surface area contributed by atoms with E-state index in [1.54, 1.807) is 0 Å². The summed E-state index contributed by atoms with van der Waals surface area (Å²) in [6, 6.07) is 3.99. The van der Waals surface area contributed by atoms with E-state index in [2.05, 4.69) is 0 Å². The second-order valence-electron chi connectivity index (χ2n) is 5.77. The van der Waals surface area contributed by atoms with E-state index in [4.69, 9.17) is 4.74 Å². The number of ether oxygens (including phenoxy) is 1. The van der Waals surface area contributed by atoms with Gasteiger partial charge in [0.2, 0.25) is 0 Å². The number of carbonyl (C=O) groups is 1. The Bertz CT molecular complexity index is 499. The predicted molar refractivity (Wildman–Crippen MR) is 79.5 cm³/mol. The molecule has 3 heteroatoms. The van der Waals surface area contributed by atoms with Gasteiger partial charge in [-0.3, -0.25) is 4.79 Å². The minimum absolute atomic E-state index is 0.562. The van der Waals surface area contributed by atoms with Gasteiger partial charge < -0.3 is 9.84 Å². The first kappa shape index (κ1) is 14.9. The van der Waals surface area contributed by atoms with Crippen LogP contribution in [0.4, 0.5) is 0 Å². The highest BCUT2D eigenvalue weighted by Crippen LogP contribution is 2.45. The van der Waals surface area contributed by atoms with Crippen molar-refractivity contribution in [1.29, 1.82) is 0 Å². The molecular weight excluding hydrogens is 252 g/mol. The third kappa shape index (κ3) is 2.41. The van der Waals surface area contributed by atoms with Crippen LogP contribution in [0, 0.1) is 13.8 Å². The van der Waals surface area contributed by atoms with E-state index in [-0.39, 0.29) is 0 Å². The fourth-order valence-corrected chi connectivity index (χ4v) is 3.25. The normalized spacial score (nSPS) is 17.8. The van der Waals surface area contributed by atoms with Crippen molar-refractivity contribution < 1.29 is 14.6 Å². The minimum atomic E-state index is -0.763. The SMILES string of the molecule is CCOc1c(C2(C(=O)O)CCCCC2)ccc(C)c1C. The van der Waals surface area contributed by atoms with Crippen molar-refractivity contribution in [1.82, 2.24) is 0 Å². The zero-order valence-corrected chi connectivity index (χ0v) is 12.7. The third-order valence-corrected chi connectivity index (χ3v) is 4.60. The summed E-state index contributed by atoms with van der Waals surface area (Å²) in [5.41, 5.74) is 2.32. The second-order valence-corrected chi connectivity index (χ2v) is 5.77. The van der Waals surface area contributed by atoms with Gasteiger partial charge >= 0.3 is 5.97 Å². The summed E-state index contributed by atoms with van der Waals surface area (Å²) in [6.45, 7) is 6.56. The Morgan fingerprint density at radius 1 is 1.25 bits per heavy atom. The minimum Gasteiger partial charge on any atom is -0.493 e.